The lowest BCUT2D eigenvalue weighted by molar-refractivity contribution is -0.139. The zero-order chi connectivity index (χ0) is 21.9. The number of hydrogen-bond donors (Lipinski definition) is 1. The molecule has 2 aromatic rings. The molecule has 0 radical (unpaired) electrons. The first-order chi connectivity index (χ1) is 14.5. The van der Waals surface area contributed by atoms with E-state index >= 15 is 0 Å². The third kappa shape index (κ3) is 7.26. The monoisotopic (exact) mass is 448 g/mol. The number of nitrogens with zero attached hydrogens (tertiary/aromatic N) is 1. The molecule has 0 bridgehead atoms. The van der Waals surface area contributed by atoms with Crippen molar-refractivity contribution < 1.29 is 14.3 Å². The molecule has 1 atom stereocenters. The summed E-state index contributed by atoms with van der Waals surface area (Å²) in [7, 11) is 1.62. The Morgan fingerprint density at radius 2 is 1.70 bits per heavy atom. The van der Waals surface area contributed by atoms with E-state index in [-0.39, 0.29) is 11.8 Å². The van der Waals surface area contributed by atoms with Crippen LogP contribution in [0.5, 0.6) is 5.75 Å². The predicted octanol–water partition coefficient (Wildman–Crippen LogP) is 4.53. The Hall–Kier alpha value is -2.18. The topological polar surface area (TPSA) is 58.6 Å². The molecule has 2 aromatic carbocycles. The number of likely N-dealkylation sites (N-methyl/N-ethyl adjacent to an activating group) is 1. The molecule has 0 heterocycles. The average Bonchev–Trinajstić information content (AvgIpc) is 2.75. The summed E-state index contributed by atoms with van der Waals surface area (Å²) in [5.74, 6) is 1.59. The fraction of sp³-hybridized carbons (Fsp3) is 0.391. The quantitative estimate of drug-likeness (QED) is 0.548. The molecular formula is C23H29ClN2O3S. The Balaban J connectivity index is 2.10. The van der Waals surface area contributed by atoms with Crippen molar-refractivity contribution in [3.05, 3.63) is 64.7 Å². The van der Waals surface area contributed by atoms with Crippen LogP contribution < -0.4 is 10.1 Å². The van der Waals surface area contributed by atoms with Gasteiger partial charge in [0.2, 0.25) is 11.8 Å². The van der Waals surface area contributed by atoms with Gasteiger partial charge >= 0.3 is 0 Å². The molecule has 162 valence electrons. The van der Waals surface area contributed by atoms with Crippen LogP contribution in [0.1, 0.15) is 31.4 Å². The number of thioether (sulfide) groups is 1. The second-order valence-corrected chi connectivity index (χ2v) is 8.23. The third-order valence-electron chi connectivity index (χ3n) is 4.66. The Bertz CT molecular complexity index is 812. The van der Waals surface area contributed by atoms with Gasteiger partial charge < -0.3 is 15.0 Å². The average molecular weight is 449 g/mol. The smallest absolute Gasteiger partial charge is 0.242 e. The number of nitrogens with one attached hydrogen (secondary N) is 1. The van der Waals surface area contributed by atoms with Gasteiger partial charge in [0.15, 0.2) is 0 Å². The molecule has 2 rings (SSSR count). The van der Waals surface area contributed by atoms with E-state index in [9.17, 15) is 9.59 Å². The summed E-state index contributed by atoms with van der Waals surface area (Å²) in [5, 5.41) is 3.54. The number of carbonyl (C=O) groups is 2. The lowest BCUT2D eigenvalue weighted by Crippen LogP contribution is -2.49. The minimum atomic E-state index is -0.504. The molecular weight excluding hydrogens is 420 g/mol. The Kier molecular flexibility index (Phi) is 10.0. The van der Waals surface area contributed by atoms with Crippen LogP contribution in [0.3, 0.4) is 0 Å². The molecule has 0 aliphatic heterocycles. The second-order valence-electron chi connectivity index (χ2n) is 6.81. The molecule has 0 saturated carbocycles. The van der Waals surface area contributed by atoms with Gasteiger partial charge in [-0.25, -0.2) is 0 Å². The molecule has 1 N–H and O–H groups in total. The van der Waals surface area contributed by atoms with E-state index in [1.165, 1.54) is 11.8 Å². The van der Waals surface area contributed by atoms with Gasteiger partial charge in [0.25, 0.3) is 0 Å². The molecule has 0 spiro atoms. The Morgan fingerprint density at radius 1 is 1.07 bits per heavy atom. The Labute approximate surface area is 188 Å². The fourth-order valence-electron chi connectivity index (χ4n) is 3.06. The van der Waals surface area contributed by atoms with E-state index in [0.29, 0.717) is 36.0 Å². The van der Waals surface area contributed by atoms with Crippen LogP contribution >= 0.6 is 23.4 Å². The summed E-state index contributed by atoms with van der Waals surface area (Å²) in [4.78, 5) is 27.4. The van der Waals surface area contributed by atoms with Gasteiger partial charge in [0.1, 0.15) is 11.8 Å². The molecule has 5 nitrogen and oxygen atoms in total. The number of hydrogen-bond acceptors (Lipinski definition) is 4. The summed E-state index contributed by atoms with van der Waals surface area (Å²) in [5.41, 5.74) is 2.06. The molecule has 30 heavy (non-hydrogen) atoms. The fourth-order valence-corrected chi connectivity index (χ4v) is 4.06. The molecule has 0 aliphatic rings. The number of rotatable bonds is 11. The number of halogens is 1. The highest BCUT2D eigenvalue weighted by Crippen LogP contribution is 2.19. The highest BCUT2D eigenvalue weighted by Gasteiger charge is 2.28. The summed E-state index contributed by atoms with van der Waals surface area (Å²) < 4.78 is 5.21. The normalized spacial score (nSPS) is 11.6. The molecule has 7 heteroatoms. The van der Waals surface area contributed by atoms with Crippen molar-refractivity contribution in [1.82, 2.24) is 10.2 Å². The highest BCUT2D eigenvalue weighted by molar-refractivity contribution is 7.99. The molecule has 0 aliphatic carbocycles. The maximum absolute atomic E-state index is 13.1. The van der Waals surface area contributed by atoms with E-state index < -0.39 is 6.04 Å². The van der Waals surface area contributed by atoms with E-state index in [0.717, 1.165) is 16.9 Å². The summed E-state index contributed by atoms with van der Waals surface area (Å²) in [6, 6.07) is 14.7. The molecule has 0 unspecified atom stereocenters. The van der Waals surface area contributed by atoms with Crippen molar-refractivity contribution in [2.75, 3.05) is 19.4 Å². The summed E-state index contributed by atoms with van der Waals surface area (Å²) in [6.07, 6.45) is 0.551. The van der Waals surface area contributed by atoms with Crippen molar-refractivity contribution in [3.8, 4) is 5.75 Å². The Morgan fingerprint density at radius 3 is 2.27 bits per heavy atom. The van der Waals surface area contributed by atoms with Gasteiger partial charge in [-0.2, -0.15) is 0 Å². The predicted molar refractivity (Wildman–Crippen MR) is 124 cm³/mol. The third-order valence-corrected chi connectivity index (χ3v) is 5.90. The number of carbonyl (C=O) groups excluding carboxylic acids is 2. The van der Waals surface area contributed by atoms with Crippen molar-refractivity contribution >= 4 is 35.2 Å². The van der Waals surface area contributed by atoms with Crippen LogP contribution in [0.15, 0.2) is 48.5 Å². The van der Waals surface area contributed by atoms with Crippen molar-refractivity contribution in [2.45, 2.75) is 38.6 Å². The van der Waals surface area contributed by atoms with Crippen LogP contribution in [0.2, 0.25) is 5.02 Å². The molecule has 0 fully saturated rings. The summed E-state index contributed by atoms with van der Waals surface area (Å²) >= 11 is 7.46. The summed E-state index contributed by atoms with van der Waals surface area (Å²) in [6.45, 7) is 4.71. The van der Waals surface area contributed by atoms with Crippen LogP contribution in [0.25, 0.3) is 0 Å². The molecule has 2 amide bonds. The van der Waals surface area contributed by atoms with Crippen molar-refractivity contribution in [3.63, 3.8) is 0 Å². The molecule has 0 saturated heterocycles. The lowest BCUT2D eigenvalue weighted by Gasteiger charge is -2.30. The van der Waals surface area contributed by atoms with Gasteiger partial charge in [-0.05, 0) is 48.7 Å². The van der Waals surface area contributed by atoms with Gasteiger partial charge in [-0.3, -0.25) is 9.59 Å². The second kappa shape index (κ2) is 12.5. The van der Waals surface area contributed by atoms with Crippen LogP contribution in [-0.4, -0.2) is 42.2 Å². The molecule has 0 aromatic heterocycles. The van der Waals surface area contributed by atoms with Crippen LogP contribution in [0.4, 0.5) is 0 Å². The van der Waals surface area contributed by atoms with E-state index in [2.05, 4.69) is 5.32 Å². The maximum atomic E-state index is 13.1. The number of ether oxygens (including phenoxy) is 1. The van der Waals surface area contributed by atoms with Gasteiger partial charge in [0, 0.05) is 23.9 Å². The standard InChI is InChI=1S/C23H29ClN2O3S/c1-4-21(23(28)25-5-2)26(14-17-8-12-20(29-3)13-9-17)22(27)16-30-15-18-6-10-19(24)11-7-18/h6-13,21H,4-5,14-16H2,1-3H3,(H,25,28)/t21-/m0/s1. The SMILES string of the molecule is CCNC(=O)[C@H](CC)N(Cc1ccc(OC)cc1)C(=O)CSCc1ccc(Cl)cc1. The first-order valence-electron chi connectivity index (χ1n) is 10.0. The minimum Gasteiger partial charge on any atom is -0.497 e. The zero-order valence-electron chi connectivity index (χ0n) is 17.7. The number of amides is 2. The highest BCUT2D eigenvalue weighted by atomic mass is 35.5. The number of benzene rings is 2. The van der Waals surface area contributed by atoms with Gasteiger partial charge in [0.05, 0.1) is 12.9 Å². The van der Waals surface area contributed by atoms with Crippen molar-refractivity contribution in [1.29, 1.82) is 0 Å². The van der Waals surface area contributed by atoms with Crippen LogP contribution in [-0.2, 0) is 21.9 Å². The first-order valence-corrected chi connectivity index (χ1v) is 11.5. The van der Waals surface area contributed by atoms with E-state index in [1.54, 1.807) is 12.0 Å². The van der Waals surface area contributed by atoms with Gasteiger partial charge in [-0.15, -0.1) is 11.8 Å². The maximum Gasteiger partial charge on any atom is 0.242 e. The largest absolute Gasteiger partial charge is 0.497 e. The van der Waals surface area contributed by atoms with Crippen molar-refractivity contribution in [2.24, 2.45) is 0 Å². The zero-order valence-corrected chi connectivity index (χ0v) is 19.3. The minimum absolute atomic E-state index is 0.0529. The first kappa shape index (κ1) is 24.1. The number of methoxy groups -OCH3 is 1. The lowest BCUT2D eigenvalue weighted by atomic mass is 10.1. The van der Waals surface area contributed by atoms with Gasteiger partial charge in [-0.1, -0.05) is 42.8 Å². The van der Waals surface area contributed by atoms with Crippen LogP contribution in [0, 0.1) is 0 Å². The van der Waals surface area contributed by atoms with E-state index in [4.69, 9.17) is 16.3 Å². The van der Waals surface area contributed by atoms with E-state index in [1.807, 2.05) is 62.4 Å².